The van der Waals surface area contributed by atoms with E-state index in [9.17, 15) is 4.79 Å². The number of aryl methyl sites for hydroxylation is 1. The zero-order valence-corrected chi connectivity index (χ0v) is 10.3. The third-order valence-electron chi connectivity index (χ3n) is 3.38. The van der Waals surface area contributed by atoms with E-state index in [1.165, 1.54) is 0 Å². The summed E-state index contributed by atoms with van der Waals surface area (Å²) in [6.07, 6.45) is 2.94. The molecule has 0 aliphatic carbocycles. The van der Waals surface area contributed by atoms with E-state index in [0.29, 0.717) is 5.39 Å². The van der Waals surface area contributed by atoms with Gasteiger partial charge in [0.25, 0.3) is 5.56 Å². The van der Waals surface area contributed by atoms with Gasteiger partial charge in [0.15, 0.2) is 0 Å². The topological polar surface area (TPSA) is 54.1 Å². The van der Waals surface area contributed by atoms with Gasteiger partial charge in [0.05, 0.1) is 0 Å². The molecule has 1 aromatic heterocycles. The second-order valence-corrected chi connectivity index (χ2v) is 4.74. The van der Waals surface area contributed by atoms with Crippen molar-refractivity contribution in [2.24, 2.45) is 0 Å². The van der Waals surface area contributed by atoms with Crippen LogP contribution in [0, 0.1) is 6.92 Å². The highest BCUT2D eigenvalue weighted by Crippen LogP contribution is 2.25. The van der Waals surface area contributed by atoms with E-state index in [0.717, 1.165) is 36.2 Å². The van der Waals surface area contributed by atoms with Crippen LogP contribution in [-0.4, -0.2) is 24.2 Å². The van der Waals surface area contributed by atoms with E-state index in [1.54, 1.807) is 6.20 Å². The summed E-state index contributed by atoms with van der Waals surface area (Å²) in [5.74, 6) is 0.877. The summed E-state index contributed by atoms with van der Waals surface area (Å²) in [6.45, 7) is 3.88. The number of hydrogen-bond donors (Lipinski definition) is 2. The van der Waals surface area contributed by atoms with Gasteiger partial charge in [-0.1, -0.05) is 0 Å². The van der Waals surface area contributed by atoms with Crippen LogP contribution in [0.1, 0.15) is 12.0 Å². The molecule has 0 bridgehead atoms. The number of aromatic nitrogens is 1. The first kappa shape index (κ1) is 11.3. The maximum Gasteiger partial charge on any atom is 0.255 e. The number of pyridine rings is 1. The lowest BCUT2D eigenvalue weighted by atomic mass is 10.1. The Balaban J connectivity index is 2.02. The zero-order valence-electron chi connectivity index (χ0n) is 10.3. The lowest BCUT2D eigenvalue weighted by molar-refractivity contribution is 0.222. The summed E-state index contributed by atoms with van der Waals surface area (Å²) < 4.78 is 5.98. The van der Waals surface area contributed by atoms with Crippen molar-refractivity contribution in [2.75, 3.05) is 13.1 Å². The number of benzene rings is 1. The second-order valence-electron chi connectivity index (χ2n) is 4.74. The van der Waals surface area contributed by atoms with E-state index in [1.807, 2.05) is 25.1 Å². The van der Waals surface area contributed by atoms with E-state index in [4.69, 9.17) is 4.74 Å². The van der Waals surface area contributed by atoms with Crippen molar-refractivity contribution in [1.82, 2.24) is 10.3 Å². The molecule has 1 fully saturated rings. The molecule has 0 unspecified atom stereocenters. The maximum atomic E-state index is 11.7. The van der Waals surface area contributed by atoms with Crippen molar-refractivity contribution in [1.29, 1.82) is 0 Å². The smallest absolute Gasteiger partial charge is 0.255 e. The fourth-order valence-electron chi connectivity index (χ4n) is 2.36. The Morgan fingerprint density at radius 2 is 2.28 bits per heavy atom. The van der Waals surface area contributed by atoms with Gasteiger partial charge < -0.3 is 15.0 Å². The molecule has 0 amide bonds. The van der Waals surface area contributed by atoms with Gasteiger partial charge in [-0.25, -0.2) is 0 Å². The lowest BCUT2D eigenvalue weighted by Crippen LogP contribution is -2.20. The zero-order chi connectivity index (χ0) is 12.5. The van der Waals surface area contributed by atoms with Crippen LogP contribution < -0.4 is 15.6 Å². The van der Waals surface area contributed by atoms with Crippen LogP contribution in [0.5, 0.6) is 5.75 Å². The minimum absolute atomic E-state index is 0.0512. The monoisotopic (exact) mass is 244 g/mol. The quantitative estimate of drug-likeness (QED) is 0.843. The molecule has 3 rings (SSSR count). The SMILES string of the molecule is Cc1cc2c(=O)[nH]ccc2cc1O[C@H]1CCNC1. The molecule has 1 aliphatic rings. The van der Waals surface area contributed by atoms with Gasteiger partial charge in [0, 0.05) is 18.1 Å². The molecule has 0 spiro atoms. The fourth-order valence-corrected chi connectivity index (χ4v) is 2.36. The molecule has 4 heteroatoms. The normalized spacial score (nSPS) is 19.3. The fraction of sp³-hybridized carbons (Fsp3) is 0.357. The Bertz CT molecular complexity index is 627. The van der Waals surface area contributed by atoms with Crippen molar-refractivity contribution in [3.63, 3.8) is 0 Å². The first-order valence-electron chi connectivity index (χ1n) is 6.23. The Morgan fingerprint density at radius 3 is 3.06 bits per heavy atom. The third kappa shape index (κ3) is 1.99. The summed E-state index contributed by atoms with van der Waals surface area (Å²) in [5, 5.41) is 4.91. The van der Waals surface area contributed by atoms with Gasteiger partial charge in [0.1, 0.15) is 11.9 Å². The minimum Gasteiger partial charge on any atom is -0.489 e. The molecule has 4 nitrogen and oxygen atoms in total. The highest BCUT2D eigenvalue weighted by atomic mass is 16.5. The number of fused-ring (bicyclic) bond motifs is 1. The van der Waals surface area contributed by atoms with Crippen LogP contribution in [0.2, 0.25) is 0 Å². The van der Waals surface area contributed by atoms with Crippen LogP contribution in [0.3, 0.4) is 0 Å². The van der Waals surface area contributed by atoms with Crippen LogP contribution in [-0.2, 0) is 0 Å². The summed E-state index contributed by atoms with van der Waals surface area (Å²) >= 11 is 0. The summed E-state index contributed by atoms with van der Waals surface area (Å²) in [7, 11) is 0. The van der Waals surface area contributed by atoms with Crippen LogP contribution in [0.25, 0.3) is 10.8 Å². The Morgan fingerprint density at radius 1 is 1.39 bits per heavy atom. The first-order valence-corrected chi connectivity index (χ1v) is 6.23. The number of rotatable bonds is 2. The Labute approximate surface area is 105 Å². The van der Waals surface area contributed by atoms with Crippen LogP contribution in [0.4, 0.5) is 0 Å². The van der Waals surface area contributed by atoms with Crippen molar-refractivity contribution < 1.29 is 4.74 Å². The molecular formula is C14H16N2O2. The molecular weight excluding hydrogens is 228 g/mol. The van der Waals surface area contributed by atoms with E-state index in [2.05, 4.69) is 10.3 Å². The standard InChI is InChI=1S/C14H16N2O2/c1-9-6-12-10(2-5-16-14(12)17)7-13(9)18-11-3-4-15-8-11/h2,5-7,11,15H,3-4,8H2,1H3,(H,16,17)/t11-/m0/s1. The molecule has 2 heterocycles. The van der Waals surface area contributed by atoms with Crippen molar-refractivity contribution in [3.05, 3.63) is 40.3 Å². The number of ether oxygens (including phenoxy) is 1. The molecule has 18 heavy (non-hydrogen) atoms. The average Bonchev–Trinajstić information content (AvgIpc) is 2.84. The molecule has 2 aromatic rings. The van der Waals surface area contributed by atoms with Gasteiger partial charge in [-0.2, -0.15) is 0 Å². The Hall–Kier alpha value is -1.81. The summed E-state index contributed by atoms with van der Waals surface area (Å²) in [4.78, 5) is 14.4. The molecule has 1 aromatic carbocycles. The largest absolute Gasteiger partial charge is 0.489 e. The molecule has 1 aliphatic heterocycles. The first-order chi connectivity index (χ1) is 8.74. The molecule has 0 radical (unpaired) electrons. The molecule has 0 saturated carbocycles. The van der Waals surface area contributed by atoms with Gasteiger partial charge in [-0.15, -0.1) is 0 Å². The van der Waals surface area contributed by atoms with Crippen molar-refractivity contribution >= 4 is 10.8 Å². The third-order valence-corrected chi connectivity index (χ3v) is 3.38. The highest BCUT2D eigenvalue weighted by molar-refractivity contribution is 5.83. The molecule has 2 N–H and O–H groups in total. The summed E-state index contributed by atoms with van der Waals surface area (Å²) in [5.41, 5.74) is 0.954. The molecule has 1 saturated heterocycles. The van der Waals surface area contributed by atoms with Crippen molar-refractivity contribution in [3.8, 4) is 5.75 Å². The molecule has 94 valence electrons. The maximum absolute atomic E-state index is 11.7. The number of hydrogen-bond acceptors (Lipinski definition) is 3. The van der Waals surface area contributed by atoms with E-state index >= 15 is 0 Å². The van der Waals surface area contributed by atoms with Gasteiger partial charge >= 0.3 is 0 Å². The van der Waals surface area contributed by atoms with E-state index in [-0.39, 0.29) is 11.7 Å². The number of aromatic amines is 1. The Kier molecular flexibility index (Phi) is 2.80. The van der Waals surface area contributed by atoms with E-state index < -0.39 is 0 Å². The lowest BCUT2D eigenvalue weighted by Gasteiger charge is -2.15. The predicted molar refractivity (Wildman–Crippen MR) is 71.2 cm³/mol. The highest BCUT2D eigenvalue weighted by Gasteiger charge is 2.17. The van der Waals surface area contributed by atoms with Crippen molar-refractivity contribution in [2.45, 2.75) is 19.4 Å². The predicted octanol–water partition coefficient (Wildman–Crippen LogP) is 1.58. The number of H-pyrrole nitrogens is 1. The van der Waals surface area contributed by atoms with Crippen LogP contribution >= 0.6 is 0 Å². The van der Waals surface area contributed by atoms with Gasteiger partial charge in [-0.3, -0.25) is 4.79 Å². The average molecular weight is 244 g/mol. The summed E-state index contributed by atoms with van der Waals surface area (Å²) in [6, 6.07) is 5.75. The minimum atomic E-state index is -0.0512. The molecule has 1 atom stereocenters. The van der Waals surface area contributed by atoms with Crippen LogP contribution in [0.15, 0.2) is 29.2 Å². The second kappa shape index (κ2) is 4.46. The van der Waals surface area contributed by atoms with Gasteiger partial charge in [0.2, 0.25) is 0 Å². The van der Waals surface area contributed by atoms with Gasteiger partial charge in [-0.05, 0) is 49.0 Å². The number of nitrogens with one attached hydrogen (secondary N) is 2.